The van der Waals surface area contributed by atoms with Crippen molar-refractivity contribution in [2.45, 2.75) is 54.4 Å². The molecule has 0 aliphatic carbocycles. The number of benzene rings is 4. The van der Waals surface area contributed by atoms with Crippen LogP contribution in [0.5, 0.6) is 17.4 Å². The van der Waals surface area contributed by atoms with E-state index in [4.69, 9.17) is 11.1 Å². The number of aromatic nitrogens is 3. The van der Waals surface area contributed by atoms with Crippen molar-refractivity contribution in [1.29, 1.82) is 0 Å². The van der Waals surface area contributed by atoms with Crippen LogP contribution in [-0.4, -0.2) is 19.6 Å². The van der Waals surface area contributed by atoms with Gasteiger partial charge in [-0.05, 0) is 104 Å². The van der Waals surface area contributed by atoms with Crippen LogP contribution in [0, 0.1) is 34.6 Å². The van der Waals surface area contributed by atoms with Gasteiger partial charge in [0.15, 0.2) is 0 Å². The van der Waals surface area contributed by atoms with E-state index in [2.05, 4.69) is 88.3 Å². The van der Waals surface area contributed by atoms with Crippen molar-refractivity contribution in [3.63, 3.8) is 0 Å². The molecule has 0 aliphatic rings. The van der Waals surface area contributed by atoms with Gasteiger partial charge in [0, 0.05) is 34.5 Å². The third-order valence-corrected chi connectivity index (χ3v) is 8.97. The van der Waals surface area contributed by atoms with E-state index in [9.17, 15) is 5.11 Å². The lowest BCUT2D eigenvalue weighted by Crippen LogP contribution is -2.00. The molecule has 0 aliphatic heterocycles. The van der Waals surface area contributed by atoms with Gasteiger partial charge in [0.05, 0.1) is 12.4 Å². The summed E-state index contributed by atoms with van der Waals surface area (Å²) in [5.41, 5.74) is 11.6. The monoisotopic (exact) mass is 592 g/mol. The Balaban J connectivity index is 1.51. The van der Waals surface area contributed by atoms with Crippen molar-refractivity contribution in [2.75, 3.05) is 0 Å². The standard InChI is InChI=1S/C40H37N3O2/c1-22(2)31-19-28(20-33-38(31)30-15-14-24(4)27(7)40(30)43(33)35-13-8-9-16-41-35)45-36-21-32(29-11-10-12-34(44)39(29)42-36)37-25(5)17-23(3)18-26(37)6/h8-22,44H,1-7H3/i16D. The first kappa shape index (κ1) is 27.4. The van der Waals surface area contributed by atoms with Crippen LogP contribution in [0.2, 0.25) is 0 Å². The lowest BCUT2D eigenvalue weighted by Gasteiger charge is -2.17. The van der Waals surface area contributed by atoms with Crippen LogP contribution in [0.15, 0.2) is 85.0 Å². The summed E-state index contributed by atoms with van der Waals surface area (Å²) in [6.45, 7) is 15.0. The SMILES string of the molecule is [2H]c1cccc(-n2c3cc(Oc4cc(-c5c(C)cc(C)cc5C)c5cccc(O)c5n4)cc(C(C)C)c3c3ccc(C)c(C)c32)n1. The van der Waals surface area contributed by atoms with E-state index in [0.29, 0.717) is 23.0 Å². The number of pyridine rings is 2. The summed E-state index contributed by atoms with van der Waals surface area (Å²) in [7, 11) is 0. The van der Waals surface area contributed by atoms with Gasteiger partial charge in [0.2, 0.25) is 5.88 Å². The highest BCUT2D eigenvalue weighted by molar-refractivity contribution is 6.12. The fourth-order valence-corrected chi connectivity index (χ4v) is 6.89. The molecule has 0 atom stereocenters. The number of hydrogen-bond acceptors (Lipinski definition) is 4. The number of phenols is 1. The van der Waals surface area contributed by atoms with Crippen molar-refractivity contribution in [2.24, 2.45) is 0 Å². The van der Waals surface area contributed by atoms with Crippen LogP contribution < -0.4 is 4.74 Å². The highest BCUT2D eigenvalue weighted by atomic mass is 16.5. The molecule has 0 unspecified atom stereocenters. The second-order valence-electron chi connectivity index (χ2n) is 12.5. The average Bonchev–Trinajstić information content (AvgIpc) is 3.33. The van der Waals surface area contributed by atoms with Gasteiger partial charge in [-0.1, -0.05) is 61.9 Å². The summed E-state index contributed by atoms with van der Waals surface area (Å²) in [5.74, 6) is 2.04. The van der Waals surface area contributed by atoms with Gasteiger partial charge in [-0.15, -0.1) is 0 Å². The highest BCUT2D eigenvalue weighted by Gasteiger charge is 2.22. The molecule has 1 N–H and O–H groups in total. The fourth-order valence-electron chi connectivity index (χ4n) is 6.89. The zero-order valence-electron chi connectivity index (χ0n) is 27.8. The van der Waals surface area contributed by atoms with Gasteiger partial charge < -0.3 is 9.84 Å². The smallest absolute Gasteiger partial charge is 0.220 e. The first-order valence-electron chi connectivity index (χ1n) is 15.9. The van der Waals surface area contributed by atoms with Crippen molar-refractivity contribution in [3.8, 4) is 34.3 Å². The molecule has 5 nitrogen and oxygen atoms in total. The Morgan fingerprint density at radius 2 is 1.60 bits per heavy atom. The summed E-state index contributed by atoms with van der Waals surface area (Å²) < 4.78 is 17.1. The van der Waals surface area contributed by atoms with Crippen LogP contribution in [0.4, 0.5) is 0 Å². The zero-order chi connectivity index (χ0) is 32.4. The van der Waals surface area contributed by atoms with E-state index >= 15 is 0 Å². The number of para-hydroxylation sites is 1. The van der Waals surface area contributed by atoms with Crippen molar-refractivity contribution in [3.05, 3.63) is 118 Å². The molecule has 0 saturated carbocycles. The Kier molecular flexibility index (Phi) is 6.56. The quantitative estimate of drug-likeness (QED) is 0.216. The molecule has 7 aromatic rings. The van der Waals surface area contributed by atoms with E-state index in [1.165, 1.54) is 16.7 Å². The van der Waals surface area contributed by atoms with Crippen molar-refractivity contribution in [1.82, 2.24) is 14.5 Å². The molecule has 224 valence electrons. The lowest BCUT2D eigenvalue weighted by atomic mass is 9.91. The molecule has 3 aromatic heterocycles. The largest absolute Gasteiger partial charge is 0.506 e. The number of ether oxygens (including phenoxy) is 1. The van der Waals surface area contributed by atoms with Gasteiger partial charge in [0.1, 0.15) is 22.8 Å². The van der Waals surface area contributed by atoms with E-state index < -0.39 is 0 Å². The number of hydrogen-bond donors (Lipinski definition) is 1. The van der Waals surface area contributed by atoms with E-state index in [1.54, 1.807) is 12.1 Å². The van der Waals surface area contributed by atoms with Gasteiger partial charge in [-0.25, -0.2) is 9.97 Å². The molecule has 0 bridgehead atoms. The Labute approximate surface area is 265 Å². The van der Waals surface area contributed by atoms with E-state index in [-0.39, 0.29) is 17.8 Å². The predicted molar refractivity (Wildman–Crippen MR) is 185 cm³/mol. The Bertz CT molecular complexity index is 2330. The van der Waals surface area contributed by atoms with E-state index in [0.717, 1.165) is 55.0 Å². The lowest BCUT2D eigenvalue weighted by molar-refractivity contribution is 0.460. The van der Waals surface area contributed by atoms with Gasteiger partial charge in [-0.3, -0.25) is 4.57 Å². The van der Waals surface area contributed by atoms with Crippen LogP contribution in [-0.2, 0) is 0 Å². The molecule has 4 aromatic carbocycles. The van der Waals surface area contributed by atoms with Gasteiger partial charge in [-0.2, -0.15) is 0 Å². The first-order valence-corrected chi connectivity index (χ1v) is 15.4. The highest BCUT2D eigenvalue weighted by Crippen LogP contribution is 2.43. The number of fused-ring (bicyclic) bond motifs is 4. The molecule has 3 heterocycles. The molecule has 7 rings (SSSR count). The molecule has 0 radical (unpaired) electrons. The molecule has 5 heteroatoms. The summed E-state index contributed by atoms with van der Waals surface area (Å²) in [5, 5.41) is 14.1. The molecular formula is C40H37N3O2. The molecule has 0 fully saturated rings. The Morgan fingerprint density at radius 1 is 0.822 bits per heavy atom. The summed E-state index contributed by atoms with van der Waals surface area (Å²) in [6, 6.07) is 25.9. The minimum atomic E-state index is 0.109. The molecule has 0 saturated heterocycles. The van der Waals surface area contributed by atoms with Crippen LogP contribution >= 0.6 is 0 Å². The Morgan fingerprint density at radius 3 is 2.33 bits per heavy atom. The maximum absolute atomic E-state index is 10.9. The summed E-state index contributed by atoms with van der Waals surface area (Å²) in [6.07, 6.45) is 0.212. The van der Waals surface area contributed by atoms with Gasteiger partial charge >= 0.3 is 0 Å². The zero-order valence-corrected chi connectivity index (χ0v) is 26.8. The topological polar surface area (TPSA) is 60.2 Å². The van der Waals surface area contributed by atoms with Crippen LogP contribution in [0.3, 0.4) is 0 Å². The number of aryl methyl sites for hydroxylation is 5. The first-order chi connectivity index (χ1) is 22.0. The fraction of sp³-hybridized carbons (Fsp3) is 0.200. The van der Waals surface area contributed by atoms with E-state index in [1.807, 2.05) is 36.4 Å². The van der Waals surface area contributed by atoms with Crippen LogP contribution in [0.25, 0.3) is 49.7 Å². The third-order valence-electron chi connectivity index (χ3n) is 8.97. The Hall–Kier alpha value is -5.16. The molecular weight excluding hydrogens is 554 g/mol. The summed E-state index contributed by atoms with van der Waals surface area (Å²) >= 11 is 0. The maximum Gasteiger partial charge on any atom is 0.220 e. The number of nitrogens with zero attached hydrogens (tertiary/aromatic N) is 3. The second kappa shape index (κ2) is 10.8. The van der Waals surface area contributed by atoms with Gasteiger partial charge in [0.25, 0.3) is 0 Å². The number of aromatic hydroxyl groups is 1. The number of phenolic OH excluding ortho intramolecular Hbond substituents is 1. The number of rotatable bonds is 5. The minimum absolute atomic E-state index is 0.109. The molecule has 0 spiro atoms. The minimum Gasteiger partial charge on any atom is -0.506 e. The normalized spacial score (nSPS) is 12.0. The summed E-state index contributed by atoms with van der Waals surface area (Å²) in [4.78, 5) is 9.47. The molecule has 45 heavy (non-hydrogen) atoms. The molecule has 0 amide bonds. The van der Waals surface area contributed by atoms with Crippen molar-refractivity contribution >= 4 is 32.7 Å². The van der Waals surface area contributed by atoms with Crippen LogP contribution in [0.1, 0.15) is 54.5 Å². The second-order valence-corrected chi connectivity index (χ2v) is 12.5. The van der Waals surface area contributed by atoms with Crippen molar-refractivity contribution < 1.29 is 11.2 Å². The third kappa shape index (κ3) is 4.71. The predicted octanol–water partition coefficient (Wildman–Crippen LogP) is 10.6. The average molecular weight is 593 g/mol. The maximum atomic E-state index is 10.9.